The summed E-state index contributed by atoms with van der Waals surface area (Å²) in [5.41, 5.74) is 4.97. The van der Waals surface area contributed by atoms with Crippen molar-refractivity contribution in [2.75, 3.05) is 37.3 Å². The van der Waals surface area contributed by atoms with Gasteiger partial charge in [0.15, 0.2) is 0 Å². The first-order valence-electron chi connectivity index (χ1n) is 17.7. The van der Waals surface area contributed by atoms with E-state index in [1.807, 2.05) is 75.5 Å². The number of nitrogens with zero attached hydrogens (tertiary/aromatic N) is 3. The van der Waals surface area contributed by atoms with E-state index in [2.05, 4.69) is 26.3 Å². The van der Waals surface area contributed by atoms with Crippen LogP contribution >= 0.6 is 0 Å². The number of fused-ring (bicyclic) bond motifs is 3. The first kappa shape index (κ1) is 39.7. The molecule has 2 aromatic carbocycles. The van der Waals surface area contributed by atoms with Gasteiger partial charge in [-0.05, 0) is 87.0 Å². The van der Waals surface area contributed by atoms with Gasteiger partial charge in [0.05, 0.1) is 5.41 Å². The number of hydrogen-bond donors (Lipinski definition) is 5. The molecule has 1 aromatic heterocycles. The molecule has 3 aliphatic rings. The number of carbonyl (C=O) groups is 5. The third kappa shape index (κ3) is 9.16. The highest BCUT2D eigenvalue weighted by atomic mass is 19.4. The molecule has 16 heteroatoms. The number of pyridine rings is 1. The maximum absolute atomic E-state index is 14.0. The Balaban J connectivity index is 0.000000730. The van der Waals surface area contributed by atoms with E-state index in [-0.39, 0.29) is 42.3 Å². The number of rotatable bonds is 9. The van der Waals surface area contributed by atoms with Crippen LogP contribution in [0.1, 0.15) is 54.5 Å². The summed E-state index contributed by atoms with van der Waals surface area (Å²) in [6.07, 6.45) is -1.22. The number of halogens is 3. The predicted octanol–water partition coefficient (Wildman–Crippen LogP) is 4.22. The second kappa shape index (κ2) is 16.7. The van der Waals surface area contributed by atoms with Gasteiger partial charge in [-0.15, -0.1) is 0 Å². The molecule has 0 saturated carbocycles. The first-order chi connectivity index (χ1) is 25.6. The molecule has 13 nitrogen and oxygen atoms in total. The van der Waals surface area contributed by atoms with Crippen molar-refractivity contribution in [2.24, 2.45) is 5.92 Å². The first-order valence-corrected chi connectivity index (χ1v) is 17.7. The van der Waals surface area contributed by atoms with Crippen molar-refractivity contribution < 1.29 is 42.3 Å². The van der Waals surface area contributed by atoms with Crippen LogP contribution in [0.3, 0.4) is 0 Å². The molecule has 5 N–H and O–H groups in total. The molecule has 1 unspecified atom stereocenters. The zero-order valence-electron chi connectivity index (χ0n) is 30.3. The molecule has 288 valence electrons. The summed E-state index contributed by atoms with van der Waals surface area (Å²) >= 11 is 0. The molecule has 54 heavy (non-hydrogen) atoms. The van der Waals surface area contributed by atoms with Gasteiger partial charge >= 0.3 is 18.2 Å². The van der Waals surface area contributed by atoms with E-state index in [0.29, 0.717) is 63.4 Å². The van der Waals surface area contributed by atoms with E-state index in [1.165, 1.54) is 0 Å². The largest absolute Gasteiger partial charge is 0.490 e. The Bertz CT molecular complexity index is 1900. The lowest BCUT2D eigenvalue weighted by molar-refractivity contribution is -0.192. The van der Waals surface area contributed by atoms with Crippen molar-refractivity contribution in [2.45, 2.75) is 70.3 Å². The molecule has 2 aliphatic heterocycles. The molecule has 1 spiro atoms. The van der Waals surface area contributed by atoms with Gasteiger partial charge in [0, 0.05) is 55.6 Å². The lowest BCUT2D eigenvalue weighted by atomic mass is 9.79. The zero-order valence-corrected chi connectivity index (χ0v) is 30.3. The fourth-order valence-electron chi connectivity index (χ4n) is 7.14. The van der Waals surface area contributed by atoms with Gasteiger partial charge in [-0.1, -0.05) is 36.4 Å². The summed E-state index contributed by atoms with van der Waals surface area (Å²) in [5, 5.41) is 19.2. The summed E-state index contributed by atoms with van der Waals surface area (Å²) in [4.78, 5) is 69.9. The van der Waals surface area contributed by atoms with Crippen LogP contribution in [0, 0.1) is 5.92 Å². The number of carbonyl (C=O) groups excluding carboxylic acids is 4. The highest BCUT2D eigenvalue weighted by molar-refractivity contribution is 6.06. The molecule has 1 atom stereocenters. The minimum atomic E-state index is -5.08. The van der Waals surface area contributed by atoms with Crippen molar-refractivity contribution in [1.82, 2.24) is 25.4 Å². The SMILES string of the molecule is CNCc1ccccc1CN(CC(=O)Nc1ccc2c(c1)CC1(C2)C(=O)Nc2ncccc21)C(=O)C1CCN(C(=O)NC(C)C)CC1.O=C(O)C(F)(F)F. The van der Waals surface area contributed by atoms with Crippen LogP contribution in [0.5, 0.6) is 0 Å². The van der Waals surface area contributed by atoms with E-state index >= 15 is 0 Å². The van der Waals surface area contributed by atoms with Crippen molar-refractivity contribution in [3.8, 4) is 0 Å². The van der Waals surface area contributed by atoms with E-state index < -0.39 is 17.6 Å². The normalized spacial score (nSPS) is 17.6. The quantitative estimate of drug-likeness (QED) is 0.216. The van der Waals surface area contributed by atoms with Gasteiger partial charge < -0.3 is 36.2 Å². The summed E-state index contributed by atoms with van der Waals surface area (Å²) in [6.45, 7) is 5.65. The number of amides is 5. The lowest BCUT2D eigenvalue weighted by Crippen LogP contribution is -2.49. The molecular formula is C38H44F3N7O6. The van der Waals surface area contributed by atoms with E-state index in [9.17, 15) is 32.3 Å². The van der Waals surface area contributed by atoms with Crippen LogP contribution in [0.25, 0.3) is 0 Å². The second-order valence-electron chi connectivity index (χ2n) is 14.0. The van der Waals surface area contributed by atoms with E-state index in [4.69, 9.17) is 9.90 Å². The highest BCUT2D eigenvalue weighted by Crippen LogP contribution is 2.47. The molecule has 1 aliphatic carbocycles. The van der Waals surface area contributed by atoms with Crippen LogP contribution in [0.15, 0.2) is 60.8 Å². The number of urea groups is 1. The number of benzene rings is 2. The van der Waals surface area contributed by atoms with Gasteiger partial charge in [-0.3, -0.25) is 14.4 Å². The van der Waals surface area contributed by atoms with Crippen molar-refractivity contribution >= 4 is 41.2 Å². The second-order valence-corrected chi connectivity index (χ2v) is 14.0. The van der Waals surface area contributed by atoms with Gasteiger partial charge in [-0.2, -0.15) is 13.2 Å². The Hall–Kier alpha value is -5.51. The number of likely N-dealkylation sites (tertiary alicyclic amines) is 1. The highest BCUT2D eigenvalue weighted by Gasteiger charge is 2.51. The number of carboxylic acid groups (broad SMARTS) is 1. The molecule has 1 fully saturated rings. The number of nitrogens with one attached hydrogen (secondary N) is 4. The maximum Gasteiger partial charge on any atom is 0.490 e. The van der Waals surface area contributed by atoms with E-state index in [1.54, 1.807) is 16.0 Å². The Morgan fingerprint density at radius 2 is 1.69 bits per heavy atom. The molecule has 0 radical (unpaired) electrons. The molecule has 0 bridgehead atoms. The van der Waals surface area contributed by atoms with Gasteiger partial charge in [0.2, 0.25) is 17.7 Å². The van der Waals surface area contributed by atoms with Gasteiger partial charge in [0.1, 0.15) is 12.4 Å². The van der Waals surface area contributed by atoms with Crippen LogP contribution in [0.2, 0.25) is 0 Å². The Kier molecular flexibility index (Phi) is 12.2. The number of hydrogen-bond acceptors (Lipinski definition) is 7. The lowest BCUT2D eigenvalue weighted by Gasteiger charge is -2.34. The number of anilines is 2. The van der Waals surface area contributed by atoms with Crippen LogP contribution in [-0.2, 0) is 50.5 Å². The minimum Gasteiger partial charge on any atom is -0.475 e. The number of aromatic nitrogens is 1. The van der Waals surface area contributed by atoms with Gasteiger partial charge in [-0.25, -0.2) is 14.6 Å². The monoisotopic (exact) mass is 751 g/mol. The van der Waals surface area contributed by atoms with E-state index in [0.717, 1.165) is 27.8 Å². The average molecular weight is 752 g/mol. The molecular weight excluding hydrogens is 707 g/mol. The summed E-state index contributed by atoms with van der Waals surface area (Å²) in [7, 11) is 1.88. The standard InChI is InChI=1S/C36H43N7O4.C2HF3O2/c1-23(2)39-35(47)42-15-12-24(13-16-42)33(45)43(21-27-8-5-4-7-26(27)20-37-3)22-31(44)40-29-11-10-25-18-36(19-28(25)17-29)30-9-6-14-38-32(30)41-34(36)46;3-2(4,5)1(6)7/h4-11,14,17,23-24,37H,12-13,15-16,18-22H2,1-3H3,(H,39,47)(H,40,44)(H,38,41,46);(H,6,7). The van der Waals surface area contributed by atoms with Gasteiger partial charge in [0.25, 0.3) is 0 Å². The fourth-order valence-corrected chi connectivity index (χ4v) is 7.14. The molecule has 3 aromatic rings. The Morgan fingerprint density at radius 1 is 1.02 bits per heavy atom. The summed E-state index contributed by atoms with van der Waals surface area (Å²) in [5.74, 6) is -2.85. The topological polar surface area (TPSA) is 173 Å². The third-order valence-electron chi connectivity index (χ3n) is 9.74. The van der Waals surface area contributed by atoms with Crippen LogP contribution in [0.4, 0.5) is 29.5 Å². The molecule has 3 heterocycles. The third-order valence-corrected chi connectivity index (χ3v) is 9.74. The number of alkyl halides is 3. The summed E-state index contributed by atoms with van der Waals surface area (Å²) < 4.78 is 31.7. The number of aliphatic carboxylic acids is 1. The fraction of sp³-hybridized carbons (Fsp3) is 0.421. The molecule has 1 saturated heterocycles. The van der Waals surface area contributed by atoms with Crippen molar-refractivity contribution in [3.05, 3.63) is 88.6 Å². The summed E-state index contributed by atoms with van der Waals surface area (Å²) in [6, 6.07) is 17.4. The molecule has 5 amide bonds. The Labute approximate surface area is 310 Å². The average Bonchev–Trinajstić information content (AvgIpc) is 3.64. The van der Waals surface area contributed by atoms with Crippen LogP contribution in [-0.4, -0.2) is 88.5 Å². The zero-order chi connectivity index (χ0) is 39.2. The Morgan fingerprint density at radius 3 is 2.33 bits per heavy atom. The maximum atomic E-state index is 14.0. The number of carboxylic acids is 1. The predicted molar refractivity (Wildman–Crippen MR) is 193 cm³/mol. The van der Waals surface area contributed by atoms with Crippen LogP contribution < -0.4 is 21.3 Å². The number of piperidine rings is 1. The van der Waals surface area contributed by atoms with Crippen molar-refractivity contribution in [3.63, 3.8) is 0 Å². The molecule has 6 rings (SSSR count). The smallest absolute Gasteiger partial charge is 0.475 e. The van der Waals surface area contributed by atoms with Crippen molar-refractivity contribution in [1.29, 1.82) is 0 Å². The minimum absolute atomic E-state index is 0.0385.